The van der Waals surface area contributed by atoms with Crippen molar-refractivity contribution in [3.05, 3.63) is 130 Å². The third-order valence-electron chi connectivity index (χ3n) is 8.35. The number of rotatable bonds is 8. The molecule has 1 aliphatic rings. The highest BCUT2D eigenvalue weighted by atomic mass is 19.1. The van der Waals surface area contributed by atoms with E-state index in [0.717, 1.165) is 53.8 Å². The van der Waals surface area contributed by atoms with Gasteiger partial charge in [-0.2, -0.15) is 5.10 Å². The minimum absolute atomic E-state index is 0.0480. The van der Waals surface area contributed by atoms with Gasteiger partial charge < -0.3 is 15.9 Å². The van der Waals surface area contributed by atoms with Gasteiger partial charge in [0, 0.05) is 46.6 Å². The van der Waals surface area contributed by atoms with Gasteiger partial charge in [0.25, 0.3) is 0 Å². The van der Waals surface area contributed by atoms with Crippen LogP contribution >= 0.6 is 0 Å². The molecule has 1 saturated heterocycles. The van der Waals surface area contributed by atoms with Gasteiger partial charge >= 0.3 is 5.56 Å². The van der Waals surface area contributed by atoms with Gasteiger partial charge in [-0.3, -0.25) is 9.48 Å². The number of carbonyl (C=O) groups excluding carboxylic acids is 1. The predicted molar refractivity (Wildman–Crippen MR) is 177 cm³/mol. The summed E-state index contributed by atoms with van der Waals surface area (Å²) in [7, 11) is 0. The van der Waals surface area contributed by atoms with Gasteiger partial charge in [-0.05, 0) is 80.9 Å². The van der Waals surface area contributed by atoms with Crippen molar-refractivity contribution in [3.63, 3.8) is 0 Å². The second-order valence-electron chi connectivity index (χ2n) is 11.6. The molecule has 0 bridgehead atoms. The Hall–Kier alpha value is -5.73. The van der Waals surface area contributed by atoms with Crippen LogP contribution in [0.4, 0.5) is 20.4 Å². The number of allylic oxidation sites excluding steroid dienone is 1. The van der Waals surface area contributed by atoms with E-state index < -0.39 is 23.0 Å². The van der Waals surface area contributed by atoms with Gasteiger partial charge in [-0.25, -0.2) is 23.1 Å². The monoisotopic (exact) mass is 631 g/mol. The van der Waals surface area contributed by atoms with Crippen LogP contribution in [-0.2, 0) is 6.42 Å². The molecule has 0 aliphatic carbocycles. The molecule has 5 aromatic rings. The second-order valence-corrected chi connectivity index (χ2v) is 11.6. The quantitative estimate of drug-likeness (QED) is 0.148. The first-order valence-corrected chi connectivity index (χ1v) is 15.1. The number of anilines is 1. The summed E-state index contributed by atoms with van der Waals surface area (Å²) in [4.78, 5) is 35.0. The summed E-state index contributed by atoms with van der Waals surface area (Å²) in [5.41, 5.74) is 8.76. The zero-order valence-corrected chi connectivity index (χ0v) is 25.6. The van der Waals surface area contributed by atoms with Gasteiger partial charge in [0.2, 0.25) is 5.82 Å². The van der Waals surface area contributed by atoms with Gasteiger partial charge in [0.15, 0.2) is 5.78 Å². The number of hydrogen-bond acceptors (Lipinski definition) is 6. The molecule has 0 spiro atoms. The number of nitrogen functional groups attached to an aromatic ring is 1. The van der Waals surface area contributed by atoms with E-state index in [9.17, 15) is 14.0 Å². The zero-order chi connectivity index (χ0) is 33.2. The lowest BCUT2D eigenvalue weighted by Crippen LogP contribution is -2.29. The normalized spacial score (nSPS) is 13.3. The Balaban J connectivity index is 1.30. The molecule has 3 N–H and O–H groups in total. The molecule has 9 nitrogen and oxygen atoms in total. The average molecular weight is 632 g/mol. The lowest BCUT2D eigenvalue weighted by molar-refractivity contribution is 0.0991. The molecule has 11 heteroatoms. The smallest absolute Gasteiger partial charge is 0.334 e. The first-order valence-electron chi connectivity index (χ1n) is 15.1. The van der Waals surface area contributed by atoms with Crippen molar-refractivity contribution in [2.45, 2.75) is 32.2 Å². The minimum Gasteiger partial charge on any atom is -0.383 e. The van der Waals surface area contributed by atoms with E-state index in [1.165, 1.54) is 30.3 Å². The Morgan fingerprint density at radius 2 is 1.79 bits per heavy atom. The third-order valence-corrected chi connectivity index (χ3v) is 8.35. The van der Waals surface area contributed by atoms with Crippen molar-refractivity contribution in [1.82, 2.24) is 24.6 Å². The number of halogens is 2. The largest absolute Gasteiger partial charge is 0.383 e. The number of nitrogens with one attached hydrogen (secondary N) is 1. The van der Waals surface area contributed by atoms with Crippen LogP contribution in [0.3, 0.4) is 0 Å². The van der Waals surface area contributed by atoms with E-state index in [2.05, 4.69) is 26.8 Å². The standard InChI is InChI=1S/C36H31F2N7O2/c1-21(2)29-17-31(36(47)45(35(29)40-3)27-7-5-25(37)6-8-27)33(46)15-22-4-9-28(32(38)14-22)30-16-23(18-42-34(30)39)24-19-43-44(20-24)26-10-12-41-13-11-26/h4-9,14,16-20,26,41H,1,10-13,15H2,2H3,(H2,39,42). The Morgan fingerprint density at radius 3 is 2.47 bits per heavy atom. The van der Waals surface area contributed by atoms with Crippen LogP contribution in [0.5, 0.6) is 0 Å². The van der Waals surface area contributed by atoms with Crippen LogP contribution in [0.15, 0.2) is 84.6 Å². The molecule has 3 aromatic heterocycles. The van der Waals surface area contributed by atoms with Crippen molar-refractivity contribution in [3.8, 4) is 27.9 Å². The van der Waals surface area contributed by atoms with E-state index in [0.29, 0.717) is 28.3 Å². The summed E-state index contributed by atoms with van der Waals surface area (Å²) < 4.78 is 32.3. The molecule has 0 radical (unpaired) electrons. The fourth-order valence-electron chi connectivity index (χ4n) is 5.84. The first-order chi connectivity index (χ1) is 22.6. The summed E-state index contributed by atoms with van der Waals surface area (Å²) in [6.45, 7) is 15.1. The molecule has 0 amide bonds. The number of nitrogens with two attached hydrogens (primary N) is 1. The van der Waals surface area contributed by atoms with E-state index >= 15 is 4.39 Å². The summed E-state index contributed by atoms with van der Waals surface area (Å²) in [5, 5.41) is 7.89. The van der Waals surface area contributed by atoms with Gasteiger partial charge in [0.05, 0.1) is 12.2 Å². The van der Waals surface area contributed by atoms with Crippen LogP contribution in [0.25, 0.3) is 38.4 Å². The van der Waals surface area contributed by atoms with Crippen LogP contribution < -0.4 is 16.6 Å². The van der Waals surface area contributed by atoms with Crippen molar-refractivity contribution in [1.29, 1.82) is 0 Å². The fourth-order valence-corrected chi connectivity index (χ4v) is 5.84. The second kappa shape index (κ2) is 12.9. The first kappa shape index (κ1) is 31.3. The van der Waals surface area contributed by atoms with Crippen molar-refractivity contribution >= 4 is 23.0 Å². The zero-order valence-electron chi connectivity index (χ0n) is 25.6. The number of carbonyl (C=O) groups is 1. The van der Waals surface area contributed by atoms with Crippen LogP contribution in [0.1, 0.15) is 47.3 Å². The molecule has 0 unspecified atom stereocenters. The van der Waals surface area contributed by atoms with Crippen molar-refractivity contribution < 1.29 is 13.6 Å². The Kier molecular flexibility index (Phi) is 8.61. The van der Waals surface area contributed by atoms with Crippen LogP contribution in [-0.4, -0.2) is 38.2 Å². The summed E-state index contributed by atoms with van der Waals surface area (Å²) in [6, 6.07) is 12.8. The van der Waals surface area contributed by atoms with Gasteiger partial charge in [-0.15, -0.1) is 0 Å². The number of aromatic nitrogens is 4. The third kappa shape index (κ3) is 6.23. The highest BCUT2D eigenvalue weighted by Gasteiger charge is 2.24. The maximum Gasteiger partial charge on any atom is 0.334 e. The van der Waals surface area contributed by atoms with Crippen molar-refractivity contribution in [2.24, 2.45) is 0 Å². The fraction of sp³-hybridized carbons (Fsp3) is 0.194. The minimum atomic E-state index is -0.742. The molecular formula is C36H31F2N7O2. The molecule has 2 aromatic carbocycles. The molecule has 4 heterocycles. The predicted octanol–water partition coefficient (Wildman–Crippen LogP) is 6.56. The van der Waals surface area contributed by atoms with Crippen LogP contribution in [0, 0.1) is 18.2 Å². The highest BCUT2D eigenvalue weighted by Crippen LogP contribution is 2.33. The lowest BCUT2D eigenvalue weighted by Gasteiger charge is -2.22. The maximum atomic E-state index is 15.7. The average Bonchev–Trinajstić information content (AvgIpc) is 3.56. The molecule has 6 rings (SSSR count). The molecule has 1 aliphatic heterocycles. The maximum absolute atomic E-state index is 15.7. The topological polar surface area (TPSA) is 112 Å². The number of piperidine rings is 1. The number of Topliss-reactive ketones (excluding diaryl/α,β-unsaturated/α-hetero) is 1. The SMILES string of the molecule is [C-]#[N+]c1c(C(=C)C)cc(C(=O)Cc2ccc(-c3cc(-c4cnn(C5CCNCC5)c4)cnc3N)c(F)c2)c(=O)n1-c1ccc(F)cc1. The Bertz CT molecular complexity index is 2120. The molecular weight excluding hydrogens is 600 g/mol. The van der Waals surface area contributed by atoms with Gasteiger partial charge in [0.1, 0.15) is 28.7 Å². The molecule has 0 saturated carbocycles. The lowest BCUT2D eigenvalue weighted by atomic mass is 9.97. The number of nitrogens with zero attached hydrogens (tertiary/aromatic N) is 5. The van der Waals surface area contributed by atoms with E-state index in [1.54, 1.807) is 31.5 Å². The van der Waals surface area contributed by atoms with E-state index in [-0.39, 0.29) is 34.9 Å². The number of hydrogen-bond donors (Lipinski definition) is 2. The molecule has 1 fully saturated rings. The molecule has 236 valence electrons. The highest BCUT2D eigenvalue weighted by molar-refractivity contribution is 5.99. The number of pyridine rings is 2. The molecule has 0 atom stereocenters. The number of benzene rings is 2. The number of ketones is 1. The Morgan fingerprint density at radius 1 is 1.04 bits per heavy atom. The summed E-state index contributed by atoms with van der Waals surface area (Å²) in [6.07, 6.45) is 7.04. The van der Waals surface area contributed by atoms with Crippen LogP contribution in [0.2, 0.25) is 0 Å². The molecule has 47 heavy (non-hydrogen) atoms. The van der Waals surface area contributed by atoms with Gasteiger partial charge in [-0.1, -0.05) is 30.9 Å². The van der Waals surface area contributed by atoms with E-state index in [1.807, 2.05) is 10.9 Å². The summed E-state index contributed by atoms with van der Waals surface area (Å²) in [5.74, 6) is -1.60. The van der Waals surface area contributed by atoms with Crippen molar-refractivity contribution in [2.75, 3.05) is 18.8 Å². The summed E-state index contributed by atoms with van der Waals surface area (Å²) >= 11 is 0. The Labute approximate surface area is 269 Å². The van der Waals surface area contributed by atoms with E-state index in [4.69, 9.17) is 12.3 Å².